The number of hydrogen-bond acceptors (Lipinski definition) is 9. The Labute approximate surface area is 168 Å². The van der Waals surface area contributed by atoms with Gasteiger partial charge in [-0.1, -0.05) is 18.2 Å². The summed E-state index contributed by atoms with van der Waals surface area (Å²) in [4.78, 5) is 20.4. The topological polar surface area (TPSA) is 167 Å². The molecule has 2 aromatic rings. The zero-order valence-corrected chi connectivity index (χ0v) is 15.7. The zero-order chi connectivity index (χ0) is 20.6. The molecule has 10 heteroatoms. The molecule has 8 N–H and O–H groups in total. The fourth-order valence-corrected chi connectivity index (χ4v) is 2.85. The van der Waals surface area contributed by atoms with Crippen molar-refractivity contribution in [2.45, 2.75) is 24.9 Å². The van der Waals surface area contributed by atoms with Crippen LogP contribution >= 0.6 is 0 Å². The average molecular weight is 393 g/mol. The first kappa shape index (κ1) is 20.0. The van der Waals surface area contributed by atoms with Crippen molar-refractivity contribution in [1.82, 2.24) is 9.97 Å². The molecule has 3 rings (SSSR count). The van der Waals surface area contributed by atoms with Crippen molar-refractivity contribution >= 4 is 41.5 Å². The van der Waals surface area contributed by atoms with Crippen LogP contribution in [0.5, 0.6) is 0 Å². The second kappa shape index (κ2) is 9.42. The van der Waals surface area contributed by atoms with Gasteiger partial charge in [0.05, 0.1) is 11.9 Å². The van der Waals surface area contributed by atoms with Crippen LogP contribution < -0.4 is 27.5 Å². The van der Waals surface area contributed by atoms with Gasteiger partial charge in [0.15, 0.2) is 0 Å². The van der Waals surface area contributed by atoms with Crippen molar-refractivity contribution in [2.75, 3.05) is 16.1 Å². The Morgan fingerprint density at radius 3 is 2.83 bits per heavy atom. The van der Waals surface area contributed by atoms with E-state index in [1.54, 1.807) is 6.07 Å². The second-order valence-electron chi connectivity index (χ2n) is 6.44. The third kappa shape index (κ3) is 5.36. The molecule has 0 bridgehead atoms. The lowest BCUT2D eigenvalue weighted by Crippen LogP contribution is -2.41. The van der Waals surface area contributed by atoms with Gasteiger partial charge in [0, 0.05) is 30.2 Å². The number of nitrogens with two attached hydrogens (primary N) is 2. The maximum atomic E-state index is 11.8. The number of carbonyl (C=O) groups is 1. The molecule has 1 aromatic heterocycles. The number of aromatic nitrogens is 2. The summed E-state index contributed by atoms with van der Waals surface area (Å²) < 4.78 is 0. The van der Waals surface area contributed by atoms with Crippen molar-refractivity contribution in [3.8, 4) is 0 Å². The summed E-state index contributed by atoms with van der Waals surface area (Å²) in [7, 11) is 0. The van der Waals surface area contributed by atoms with Gasteiger partial charge in [0.1, 0.15) is 11.4 Å². The Hall–Kier alpha value is -3.79. The lowest BCUT2D eigenvalue weighted by atomic mass is 9.97. The van der Waals surface area contributed by atoms with E-state index in [0.717, 1.165) is 19.1 Å². The molecule has 1 aliphatic carbocycles. The average Bonchev–Trinajstić information content (AvgIpc) is 2.70. The van der Waals surface area contributed by atoms with Gasteiger partial charge in [-0.25, -0.2) is 4.98 Å². The number of anilines is 4. The number of nitrogens with one attached hydrogen (secondary N) is 4. The molecule has 1 aliphatic rings. The summed E-state index contributed by atoms with van der Waals surface area (Å²) in [5.74, 6) is 0.00870. The third-order valence-electron chi connectivity index (χ3n) is 4.32. The first-order valence-corrected chi connectivity index (χ1v) is 9.06. The molecular weight excluding hydrogens is 370 g/mol. The van der Waals surface area contributed by atoms with Crippen LogP contribution in [0.25, 0.3) is 0 Å². The SMILES string of the molecule is N=C/C=N\Nc1cccc(Nc2nc(NC3CC=CCC3N)ncc2C(N)=O)c1. The van der Waals surface area contributed by atoms with E-state index in [1.807, 2.05) is 18.2 Å². The number of benzene rings is 1. The first-order valence-electron chi connectivity index (χ1n) is 9.06. The maximum Gasteiger partial charge on any atom is 0.254 e. The summed E-state index contributed by atoms with van der Waals surface area (Å²) in [6.45, 7) is 0. The van der Waals surface area contributed by atoms with Crippen molar-refractivity contribution in [1.29, 1.82) is 5.41 Å². The molecular formula is C19H23N9O. The van der Waals surface area contributed by atoms with E-state index in [9.17, 15) is 4.79 Å². The van der Waals surface area contributed by atoms with Gasteiger partial charge < -0.3 is 27.5 Å². The number of rotatable bonds is 8. The van der Waals surface area contributed by atoms with Crippen molar-refractivity contribution in [3.63, 3.8) is 0 Å². The Bertz CT molecular complexity index is 941. The monoisotopic (exact) mass is 393 g/mol. The van der Waals surface area contributed by atoms with Crippen LogP contribution in [0, 0.1) is 5.41 Å². The molecule has 1 amide bonds. The van der Waals surface area contributed by atoms with E-state index in [-0.39, 0.29) is 23.5 Å². The van der Waals surface area contributed by atoms with Crippen molar-refractivity contribution in [3.05, 3.63) is 48.2 Å². The summed E-state index contributed by atoms with van der Waals surface area (Å²) in [5.41, 5.74) is 16.0. The minimum atomic E-state index is -0.638. The van der Waals surface area contributed by atoms with E-state index in [2.05, 4.69) is 43.3 Å². The lowest BCUT2D eigenvalue weighted by Gasteiger charge is -2.26. The van der Waals surface area contributed by atoms with Crippen LogP contribution in [0.3, 0.4) is 0 Å². The second-order valence-corrected chi connectivity index (χ2v) is 6.44. The highest BCUT2D eigenvalue weighted by molar-refractivity contribution is 6.14. The molecule has 0 radical (unpaired) electrons. The molecule has 0 fully saturated rings. The van der Waals surface area contributed by atoms with Crippen LogP contribution in [0.15, 0.2) is 47.7 Å². The summed E-state index contributed by atoms with van der Waals surface area (Å²) >= 11 is 0. The number of primary amides is 1. The molecule has 0 saturated carbocycles. The summed E-state index contributed by atoms with van der Waals surface area (Å²) in [6.07, 6.45) is 9.45. The first-order chi connectivity index (χ1) is 14.1. The van der Waals surface area contributed by atoms with Gasteiger partial charge in [0.2, 0.25) is 5.95 Å². The largest absolute Gasteiger partial charge is 0.365 e. The highest BCUT2D eigenvalue weighted by Crippen LogP contribution is 2.23. The standard InChI is InChI=1S/C19H23N9O/c20-8-9-24-28-13-5-3-4-12(10-13)25-18-14(17(22)29)11-23-19(27-18)26-16-7-2-1-6-15(16)21/h1-5,8-11,15-16,20,28H,6-7,21H2,(H2,22,29)(H2,23,25,26,27)/b20-8?,24-9-. The lowest BCUT2D eigenvalue weighted by molar-refractivity contribution is 0.100. The maximum absolute atomic E-state index is 11.8. The van der Waals surface area contributed by atoms with Gasteiger partial charge >= 0.3 is 0 Å². The highest BCUT2D eigenvalue weighted by Gasteiger charge is 2.20. The van der Waals surface area contributed by atoms with Gasteiger partial charge in [-0.15, -0.1) is 0 Å². The number of amides is 1. The van der Waals surface area contributed by atoms with Crippen LogP contribution in [-0.2, 0) is 0 Å². The van der Waals surface area contributed by atoms with Gasteiger partial charge in [-0.2, -0.15) is 10.1 Å². The molecule has 0 saturated heterocycles. The number of hydrogen-bond donors (Lipinski definition) is 6. The van der Waals surface area contributed by atoms with Crippen LogP contribution in [-0.4, -0.2) is 40.4 Å². The fourth-order valence-electron chi connectivity index (χ4n) is 2.85. The predicted molar refractivity (Wildman–Crippen MR) is 115 cm³/mol. The molecule has 1 aromatic carbocycles. The molecule has 0 aliphatic heterocycles. The smallest absolute Gasteiger partial charge is 0.254 e. The molecule has 2 atom stereocenters. The molecule has 10 nitrogen and oxygen atoms in total. The normalized spacial score (nSPS) is 18.4. The van der Waals surface area contributed by atoms with Gasteiger partial charge in [-0.05, 0) is 31.0 Å². The van der Waals surface area contributed by atoms with Gasteiger partial charge in [-0.3, -0.25) is 10.2 Å². The molecule has 0 spiro atoms. The minimum Gasteiger partial charge on any atom is -0.365 e. The van der Waals surface area contributed by atoms with E-state index in [0.29, 0.717) is 17.3 Å². The highest BCUT2D eigenvalue weighted by atomic mass is 16.1. The van der Waals surface area contributed by atoms with E-state index in [4.69, 9.17) is 16.9 Å². The fraction of sp³-hybridized carbons (Fsp3) is 0.211. The Morgan fingerprint density at radius 2 is 2.07 bits per heavy atom. The Balaban J connectivity index is 1.82. The van der Waals surface area contributed by atoms with Crippen LogP contribution in [0.4, 0.5) is 23.1 Å². The quantitative estimate of drug-likeness (QED) is 0.226. The summed E-state index contributed by atoms with van der Waals surface area (Å²) in [6, 6.07) is 7.18. The number of carbonyl (C=O) groups excluding carboxylic acids is 1. The summed E-state index contributed by atoms with van der Waals surface area (Å²) in [5, 5.41) is 17.1. The molecule has 2 unspecified atom stereocenters. The Morgan fingerprint density at radius 1 is 1.28 bits per heavy atom. The number of nitrogens with zero attached hydrogens (tertiary/aromatic N) is 3. The Kier molecular flexibility index (Phi) is 6.48. The van der Waals surface area contributed by atoms with Crippen LogP contribution in [0.2, 0.25) is 0 Å². The minimum absolute atomic E-state index is 0.00603. The number of hydrazone groups is 1. The molecule has 29 heavy (non-hydrogen) atoms. The van der Waals surface area contributed by atoms with Crippen molar-refractivity contribution < 1.29 is 4.79 Å². The van der Waals surface area contributed by atoms with E-state index in [1.165, 1.54) is 12.4 Å². The van der Waals surface area contributed by atoms with Crippen LogP contribution in [0.1, 0.15) is 23.2 Å². The van der Waals surface area contributed by atoms with E-state index >= 15 is 0 Å². The predicted octanol–water partition coefficient (Wildman–Crippen LogP) is 1.82. The van der Waals surface area contributed by atoms with E-state index < -0.39 is 5.91 Å². The third-order valence-corrected chi connectivity index (χ3v) is 4.32. The van der Waals surface area contributed by atoms with Crippen molar-refractivity contribution in [2.24, 2.45) is 16.6 Å². The molecule has 1 heterocycles. The molecule has 150 valence electrons. The van der Waals surface area contributed by atoms with Gasteiger partial charge in [0.25, 0.3) is 5.91 Å². The zero-order valence-electron chi connectivity index (χ0n) is 15.7.